The molecular weight excluding hydrogens is 276 g/mol. The van der Waals surface area contributed by atoms with Gasteiger partial charge in [-0.25, -0.2) is 0 Å². The van der Waals surface area contributed by atoms with E-state index in [1.54, 1.807) is 24.3 Å². The summed E-state index contributed by atoms with van der Waals surface area (Å²) in [6.45, 7) is -0.770. The van der Waals surface area contributed by atoms with Gasteiger partial charge in [-0.1, -0.05) is 18.2 Å². The number of ether oxygens (including phenoxy) is 1. The molecule has 0 unspecified atom stereocenters. The quantitative estimate of drug-likeness (QED) is 0.615. The molecule has 0 aliphatic rings. The fourth-order valence-electron chi connectivity index (χ4n) is 1.43. The predicted molar refractivity (Wildman–Crippen MR) is 75.7 cm³/mol. The van der Waals surface area contributed by atoms with Gasteiger partial charge in [-0.3, -0.25) is 14.4 Å². The highest BCUT2D eigenvalue weighted by atomic mass is 16.5. The Morgan fingerprint density at radius 2 is 1.90 bits per heavy atom. The Kier molecular flexibility index (Phi) is 6.46. The van der Waals surface area contributed by atoms with Crippen LogP contribution in [0.1, 0.15) is 5.56 Å². The fraction of sp³-hybridized carbons (Fsp3) is 0.214. The molecule has 0 saturated heterocycles. The summed E-state index contributed by atoms with van der Waals surface area (Å²) in [7, 11) is 1.53. The van der Waals surface area contributed by atoms with Crippen molar-refractivity contribution in [2.24, 2.45) is 0 Å². The van der Waals surface area contributed by atoms with Gasteiger partial charge >= 0.3 is 5.97 Å². The number of rotatable bonds is 7. The van der Waals surface area contributed by atoms with Crippen molar-refractivity contribution < 1.29 is 24.2 Å². The lowest BCUT2D eigenvalue weighted by molar-refractivity contribution is -0.137. The number of carboxylic acids is 1. The summed E-state index contributed by atoms with van der Waals surface area (Å²) in [5, 5.41) is 12.8. The van der Waals surface area contributed by atoms with Gasteiger partial charge in [0.2, 0.25) is 11.8 Å². The SMILES string of the molecule is COc1ccccc1/C=C/C(=O)NCC(=O)NCC(=O)O. The minimum Gasteiger partial charge on any atom is -0.496 e. The molecule has 0 fully saturated rings. The number of benzene rings is 1. The van der Waals surface area contributed by atoms with Crippen LogP contribution in [0.2, 0.25) is 0 Å². The molecule has 0 aliphatic heterocycles. The van der Waals surface area contributed by atoms with E-state index in [1.807, 2.05) is 6.07 Å². The van der Waals surface area contributed by atoms with E-state index in [-0.39, 0.29) is 6.54 Å². The summed E-state index contributed by atoms with van der Waals surface area (Å²) in [4.78, 5) is 33.0. The number of nitrogens with one attached hydrogen (secondary N) is 2. The summed E-state index contributed by atoms with van der Waals surface area (Å²) in [5.74, 6) is -1.56. The summed E-state index contributed by atoms with van der Waals surface area (Å²) >= 11 is 0. The number of carbonyl (C=O) groups is 3. The molecule has 2 amide bonds. The molecule has 7 nitrogen and oxygen atoms in total. The molecular formula is C14H16N2O5. The number of para-hydroxylation sites is 1. The second kappa shape index (κ2) is 8.36. The average molecular weight is 292 g/mol. The van der Waals surface area contributed by atoms with Crippen LogP contribution >= 0.6 is 0 Å². The van der Waals surface area contributed by atoms with Crippen molar-refractivity contribution in [1.29, 1.82) is 0 Å². The number of hydrogen-bond donors (Lipinski definition) is 3. The van der Waals surface area contributed by atoms with E-state index in [9.17, 15) is 14.4 Å². The van der Waals surface area contributed by atoms with Crippen LogP contribution in [0.25, 0.3) is 6.08 Å². The van der Waals surface area contributed by atoms with Gasteiger partial charge in [-0.15, -0.1) is 0 Å². The maximum absolute atomic E-state index is 11.5. The van der Waals surface area contributed by atoms with Gasteiger partial charge in [0.25, 0.3) is 0 Å². The van der Waals surface area contributed by atoms with Crippen LogP contribution < -0.4 is 15.4 Å². The number of methoxy groups -OCH3 is 1. The minimum atomic E-state index is -1.15. The zero-order chi connectivity index (χ0) is 15.7. The molecule has 7 heteroatoms. The third-order valence-corrected chi connectivity index (χ3v) is 2.41. The first-order chi connectivity index (χ1) is 10.0. The van der Waals surface area contributed by atoms with Gasteiger partial charge in [0.05, 0.1) is 13.7 Å². The van der Waals surface area contributed by atoms with Gasteiger partial charge in [0.1, 0.15) is 12.3 Å². The Balaban J connectivity index is 2.44. The first-order valence-electron chi connectivity index (χ1n) is 6.10. The van der Waals surface area contributed by atoms with E-state index in [2.05, 4.69) is 10.6 Å². The van der Waals surface area contributed by atoms with Crippen molar-refractivity contribution in [2.75, 3.05) is 20.2 Å². The highest BCUT2D eigenvalue weighted by Crippen LogP contribution is 2.18. The molecule has 0 aromatic heterocycles. The summed E-state index contributed by atoms with van der Waals surface area (Å²) < 4.78 is 5.13. The van der Waals surface area contributed by atoms with Crippen LogP contribution in [0, 0.1) is 0 Å². The van der Waals surface area contributed by atoms with Crippen LogP contribution in [-0.4, -0.2) is 43.1 Å². The molecule has 3 N–H and O–H groups in total. The van der Waals surface area contributed by atoms with Crippen molar-refractivity contribution >= 4 is 23.9 Å². The maximum atomic E-state index is 11.5. The number of hydrogen-bond acceptors (Lipinski definition) is 4. The Hall–Kier alpha value is -2.83. The second-order valence-electron chi connectivity index (χ2n) is 3.96. The van der Waals surface area contributed by atoms with E-state index in [0.29, 0.717) is 5.75 Å². The minimum absolute atomic E-state index is 0.289. The standard InChI is InChI=1S/C14H16N2O5/c1-21-11-5-3-2-4-10(11)6-7-12(17)15-8-13(18)16-9-14(19)20/h2-7H,8-9H2,1H3,(H,15,17)(H,16,18)(H,19,20)/b7-6+. The fourth-order valence-corrected chi connectivity index (χ4v) is 1.43. The van der Waals surface area contributed by atoms with Crippen molar-refractivity contribution in [3.05, 3.63) is 35.9 Å². The molecule has 112 valence electrons. The van der Waals surface area contributed by atoms with Crippen LogP contribution in [0.5, 0.6) is 5.75 Å². The number of carbonyl (C=O) groups excluding carboxylic acids is 2. The highest BCUT2D eigenvalue weighted by molar-refractivity contribution is 5.94. The number of amides is 2. The molecule has 1 aromatic carbocycles. The van der Waals surface area contributed by atoms with E-state index >= 15 is 0 Å². The topological polar surface area (TPSA) is 105 Å². The van der Waals surface area contributed by atoms with E-state index in [0.717, 1.165) is 5.56 Å². The first-order valence-corrected chi connectivity index (χ1v) is 6.10. The molecule has 0 spiro atoms. The molecule has 1 rings (SSSR count). The van der Waals surface area contributed by atoms with Crippen LogP contribution in [0.3, 0.4) is 0 Å². The van der Waals surface area contributed by atoms with Crippen molar-refractivity contribution in [3.8, 4) is 5.75 Å². The Bertz CT molecular complexity index is 554. The summed E-state index contributed by atoms with van der Waals surface area (Å²) in [6, 6.07) is 7.15. The van der Waals surface area contributed by atoms with Gasteiger partial charge in [-0.2, -0.15) is 0 Å². The maximum Gasteiger partial charge on any atom is 0.322 e. The van der Waals surface area contributed by atoms with Gasteiger partial charge in [0.15, 0.2) is 0 Å². The molecule has 0 radical (unpaired) electrons. The molecule has 1 aromatic rings. The molecule has 0 bridgehead atoms. The zero-order valence-corrected chi connectivity index (χ0v) is 11.5. The highest BCUT2D eigenvalue weighted by Gasteiger charge is 2.05. The van der Waals surface area contributed by atoms with Gasteiger partial charge < -0.3 is 20.5 Å². The summed E-state index contributed by atoms with van der Waals surface area (Å²) in [5.41, 5.74) is 0.727. The lowest BCUT2D eigenvalue weighted by atomic mass is 10.2. The van der Waals surface area contributed by atoms with Crippen molar-refractivity contribution in [2.45, 2.75) is 0 Å². The lowest BCUT2D eigenvalue weighted by Crippen LogP contribution is -2.38. The van der Waals surface area contributed by atoms with Crippen molar-refractivity contribution in [3.63, 3.8) is 0 Å². The Labute approximate surface area is 121 Å². The average Bonchev–Trinajstić information content (AvgIpc) is 2.49. The second-order valence-corrected chi connectivity index (χ2v) is 3.96. The zero-order valence-electron chi connectivity index (χ0n) is 11.5. The predicted octanol–water partition coefficient (Wildman–Crippen LogP) is 0.0254. The Morgan fingerprint density at radius 3 is 2.57 bits per heavy atom. The van der Waals surface area contributed by atoms with Crippen molar-refractivity contribution in [1.82, 2.24) is 10.6 Å². The molecule has 21 heavy (non-hydrogen) atoms. The normalized spacial score (nSPS) is 10.1. The monoisotopic (exact) mass is 292 g/mol. The van der Waals surface area contributed by atoms with Crippen LogP contribution in [0.4, 0.5) is 0 Å². The Morgan fingerprint density at radius 1 is 1.19 bits per heavy atom. The molecule has 0 saturated carbocycles. The van der Waals surface area contributed by atoms with E-state index in [1.165, 1.54) is 13.2 Å². The molecule has 0 atom stereocenters. The van der Waals surface area contributed by atoms with E-state index < -0.39 is 24.3 Å². The lowest BCUT2D eigenvalue weighted by Gasteiger charge is -2.04. The first kappa shape index (κ1) is 16.2. The third-order valence-electron chi connectivity index (χ3n) is 2.41. The van der Waals surface area contributed by atoms with Crippen LogP contribution in [-0.2, 0) is 14.4 Å². The largest absolute Gasteiger partial charge is 0.496 e. The number of aliphatic carboxylic acids is 1. The van der Waals surface area contributed by atoms with E-state index in [4.69, 9.17) is 9.84 Å². The molecule has 0 aliphatic carbocycles. The smallest absolute Gasteiger partial charge is 0.322 e. The van der Waals surface area contributed by atoms with Gasteiger partial charge in [0, 0.05) is 11.6 Å². The van der Waals surface area contributed by atoms with Gasteiger partial charge in [-0.05, 0) is 12.1 Å². The number of carboxylic acid groups (broad SMARTS) is 1. The summed E-state index contributed by atoms with van der Waals surface area (Å²) in [6.07, 6.45) is 2.83. The van der Waals surface area contributed by atoms with Crippen LogP contribution in [0.15, 0.2) is 30.3 Å². The third kappa shape index (κ3) is 6.24. The molecule has 0 heterocycles.